The molecule has 0 radical (unpaired) electrons. The summed E-state index contributed by atoms with van der Waals surface area (Å²) >= 11 is 0. The van der Waals surface area contributed by atoms with E-state index in [9.17, 15) is 0 Å². The predicted octanol–water partition coefficient (Wildman–Crippen LogP) is 2.62. The largest absolute Gasteiger partial charge is 0.367 e. The van der Waals surface area contributed by atoms with E-state index in [1.54, 1.807) is 0 Å². The van der Waals surface area contributed by atoms with Gasteiger partial charge in [0.25, 0.3) is 0 Å². The summed E-state index contributed by atoms with van der Waals surface area (Å²) in [7, 11) is 0. The lowest BCUT2D eigenvalue weighted by Gasteiger charge is -2.27. The number of rotatable bonds is 9. The number of nitrogens with zero attached hydrogens (tertiary/aromatic N) is 2. The van der Waals surface area contributed by atoms with Crippen LogP contribution in [0.25, 0.3) is 0 Å². The molecule has 2 rings (SSSR count). The Labute approximate surface area is 115 Å². The minimum Gasteiger partial charge on any atom is -0.367 e. The minimum absolute atomic E-state index is 0.396. The monoisotopic (exact) mass is 267 g/mol. The summed E-state index contributed by atoms with van der Waals surface area (Å²) in [6.45, 7) is 8.56. The van der Waals surface area contributed by atoms with Crippen molar-refractivity contribution in [2.24, 2.45) is 5.92 Å². The smallest absolute Gasteiger partial charge is 0.240 e. The van der Waals surface area contributed by atoms with E-state index in [-0.39, 0.29) is 0 Å². The van der Waals surface area contributed by atoms with Crippen LogP contribution in [0.5, 0.6) is 0 Å². The molecule has 0 atom stereocenters. The number of hydrogen-bond donors (Lipinski definition) is 1. The van der Waals surface area contributed by atoms with Crippen LogP contribution in [0, 0.1) is 5.92 Å². The first-order chi connectivity index (χ1) is 9.24. The van der Waals surface area contributed by atoms with Gasteiger partial charge in [-0.2, -0.15) is 4.98 Å². The van der Waals surface area contributed by atoms with Crippen molar-refractivity contribution in [2.45, 2.75) is 58.6 Å². The van der Waals surface area contributed by atoms with E-state index < -0.39 is 5.60 Å². The molecule has 0 bridgehead atoms. The van der Waals surface area contributed by atoms with Crippen LogP contribution in [0.2, 0.25) is 0 Å². The van der Waals surface area contributed by atoms with E-state index in [0.717, 1.165) is 25.3 Å². The molecule has 1 aliphatic carbocycles. The molecule has 1 heterocycles. The van der Waals surface area contributed by atoms with Crippen LogP contribution in [-0.4, -0.2) is 23.3 Å². The Morgan fingerprint density at radius 1 is 1.32 bits per heavy atom. The lowest BCUT2D eigenvalue weighted by Crippen LogP contribution is -2.30. The van der Waals surface area contributed by atoms with Crippen molar-refractivity contribution in [3.63, 3.8) is 0 Å². The average molecular weight is 267 g/mol. The van der Waals surface area contributed by atoms with Gasteiger partial charge in [0.2, 0.25) is 11.7 Å². The molecule has 1 aromatic heterocycles. The fourth-order valence-corrected chi connectivity index (χ4v) is 2.33. The topological polar surface area (TPSA) is 60.2 Å². The van der Waals surface area contributed by atoms with E-state index >= 15 is 0 Å². The lowest BCUT2D eigenvalue weighted by atomic mass is 9.96. The zero-order valence-corrected chi connectivity index (χ0v) is 12.2. The molecular weight excluding hydrogens is 242 g/mol. The maximum absolute atomic E-state index is 5.87. The molecule has 0 unspecified atom stereocenters. The van der Waals surface area contributed by atoms with Crippen LogP contribution in [0.15, 0.2) is 4.52 Å². The van der Waals surface area contributed by atoms with Crippen molar-refractivity contribution in [1.29, 1.82) is 0 Å². The maximum Gasteiger partial charge on any atom is 0.240 e. The van der Waals surface area contributed by atoms with Gasteiger partial charge in [-0.3, -0.25) is 0 Å². The highest BCUT2D eigenvalue weighted by Gasteiger charge is 2.34. The minimum atomic E-state index is -0.396. The number of nitrogens with one attached hydrogen (secondary N) is 1. The van der Waals surface area contributed by atoms with Crippen LogP contribution in [-0.2, 0) is 16.9 Å². The van der Waals surface area contributed by atoms with Gasteiger partial charge in [0.1, 0.15) is 5.60 Å². The molecule has 0 spiro atoms. The molecule has 1 aliphatic rings. The molecule has 108 valence electrons. The van der Waals surface area contributed by atoms with Gasteiger partial charge in [0.15, 0.2) is 0 Å². The second-order valence-corrected chi connectivity index (χ2v) is 5.22. The molecule has 1 aromatic rings. The van der Waals surface area contributed by atoms with Crippen molar-refractivity contribution < 1.29 is 9.26 Å². The van der Waals surface area contributed by atoms with Crippen molar-refractivity contribution in [1.82, 2.24) is 15.5 Å². The van der Waals surface area contributed by atoms with Crippen LogP contribution < -0.4 is 5.32 Å². The first-order valence-corrected chi connectivity index (χ1v) is 7.41. The Morgan fingerprint density at radius 2 is 2.05 bits per heavy atom. The SMILES string of the molecule is CCOC(CC)(CC)c1noc(CNCC2CC2)n1. The Kier molecular flexibility index (Phi) is 4.93. The fraction of sp³-hybridized carbons (Fsp3) is 0.857. The third kappa shape index (κ3) is 3.54. The zero-order valence-electron chi connectivity index (χ0n) is 12.2. The van der Waals surface area contributed by atoms with Crippen molar-refractivity contribution in [2.75, 3.05) is 13.2 Å². The van der Waals surface area contributed by atoms with Gasteiger partial charge >= 0.3 is 0 Å². The molecule has 5 nitrogen and oxygen atoms in total. The molecule has 0 amide bonds. The van der Waals surface area contributed by atoms with Crippen molar-refractivity contribution >= 4 is 0 Å². The maximum atomic E-state index is 5.87. The lowest BCUT2D eigenvalue weighted by molar-refractivity contribution is -0.0583. The normalized spacial score (nSPS) is 15.9. The Bertz CT molecular complexity index is 384. The predicted molar refractivity (Wildman–Crippen MR) is 72.6 cm³/mol. The third-order valence-electron chi connectivity index (χ3n) is 3.84. The zero-order chi connectivity index (χ0) is 13.7. The molecule has 1 fully saturated rings. The van der Waals surface area contributed by atoms with E-state index in [4.69, 9.17) is 9.26 Å². The first kappa shape index (κ1) is 14.5. The fourth-order valence-electron chi connectivity index (χ4n) is 2.33. The average Bonchev–Trinajstić information content (AvgIpc) is 3.13. The van der Waals surface area contributed by atoms with E-state index in [1.807, 2.05) is 6.92 Å². The van der Waals surface area contributed by atoms with Crippen molar-refractivity contribution in [3.05, 3.63) is 11.7 Å². The third-order valence-corrected chi connectivity index (χ3v) is 3.84. The summed E-state index contributed by atoms with van der Waals surface area (Å²) in [5, 5.41) is 7.47. The van der Waals surface area contributed by atoms with Gasteiger partial charge in [-0.25, -0.2) is 0 Å². The van der Waals surface area contributed by atoms with E-state index in [0.29, 0.717) is 24.9 Å². The summed E-state index contributed by atoms with van der Waals surface area (Å²) in [5.74, 6) is 2.19. The molecule has 0 aliphatic heterocycles. The summed E-state index contributed by atoms with van der Waals surface area (Å²) in [5.41, 5.74) is -0.396. The summed E-state index contributed by atoms with van der Waals surface area (Å²) in [4.78, 5) is 4.50. The Balaban J connectivity index is 1.96. The standard InChI is InChI=1S/C14H25N3O2/c1-4-14(5-2,18-6-3)13-16-12(19-17-13)10-15-9-11-7-8-11/h11,15H,4-10H2,1-3H3. The molecule has 0 saturated heterocycles. The molecule has 1 N–H and O–H groups in total. The second kappa shape index (κ2) is 6.48. The molecular formula is C14H25N3O2. The molecule has 5 heteroatoms. The first-order valence-electron chi connectivity index (χ1n) is 7.41. The highest BCUT2D eigenvalue weighted by molar-refractivity contribution is 5.01. The highest BCUT2D eigenvalue weighted by atomic mass is 16.5. The van der Waals surface area contributed by atoms with Crippen LogP contribution in [0.3, 0.4) is 0 Å². The highest BCUT2D eigenvalue weighted by Crippen LogP contribution is 2.31. The molecule has 0 aromatic carbocycles. The van der Waals surface area contributed by atoms with Crippen LogP contribution in [0.1, 0.15) is 58.2 Å². The van der Waals surface area contributed by atoms with E-state index in [2.05, 4.69) is 29.3 Å². The number of aromatic nitrogens is 2. The molecule has 1 saturated carbocycles. The summed E-state index contributed by atoms with van der Waals surface area (Å²) in [6, 6.07) is 0. The summed E-state index contributed by atoms with van der Waals surface area (Å²) < 4.78 is 11.2. The van der Waals surface area contributed by atoms with E-state index in [1.165, 1.54) is 12.8 Å². The van der Waals surface area contributed by atoms with Gasteiger partial charge in [-0.15, -0.1) is 0 Å². The number of ether oxygens (including phenoxy) is 1. The van der Waals surface area contributed by atoms with Gasteiger partial charge in [-0.05, 0) is 45.1 Å². The van der Waals surface area contributed by atoms with Gasteiger partial charge in [-0.1, -0.05) is 19.0 Å². The van der Waals surface area contributed by atoms with Gasteiger partial charge in [0.05, 0.1) is 6.54 Å². The van der Waals surface area contributed by atoms with Gasteiger partial charge in [0, 0.05) is 6.61 Å². The van der Waals surface area contributed by atoms with Gasteiger partial charge < -0.3 is 14.6 Å². The Hall–Kier alpha value is -0.940. The van der Waals surface area contributed by atoms with Crippen LogP contribution in [0.4, 0.5) is 0 Å². The Morgan fingerprint density at radius 3 is 2.63 bits per heavy atom. The molecule has 19 heavy (non-hydrogen) atoms. The van der Waals surface area contributed by atoms with Crippen molar-refractivity contribution in [3.8, 4) is 0 Å². The summed E-state index contributed by atoms with van der Waals surface area (Å²) in [6.07, 6.45) is 4.40. The van der Waals surface area contributed by atoms with Crippen LogP contribution >= 0.6 is 0 Å². The quantitative estimate of drug-likeness (QED) is 0.745. The number of hydrogen-bond acceptors (Lipinski definition) is 5. The second-order valence-electron chi connectivity index (χ2n) is 5.22.